The van der Waals surface area contributed by atoms with Crippen LogP contribution >= 0.6 is 0 Å². The highest BCUT2D eigenvalue weighted by Gasteiger charge is 2.33. The number of hydrogen-bond acceptors (Lipinski definition) is 4. The third kappa shape index (κ3) is 3.32. The van der Waals surface area contributed by atoms with Crippen molar-refractivity contribution in [3.05, 3.63) is 34.1 Å². The van der Waals surface area contributed by atoms with Gasteiger partial charge in [0.2, 0.25) is 0 Å². The summed E-state index contributed by atoms with van der Waals surface area (Å²) in [7, 11) is 0. The maximum Gasteiger partial charge on any atom is 0.272 e. The molecule has 2 fully saturated rings. The molecule has 1 N–H and O–H groups in total. The van der Waals surface area contributed by atoms with Crippen LogP contribution in [0.1, 0.15) is 32.1 Å². The van der Waals surface area contributed by atoms with Crippen molar-refractivity contribution >= 4 is 11.4 Å². The molecule has 1 unspecified atom stereocenters. The van der Waals surface area contributed by atoms with Crippen LogP contribution in [0.3, 0.4) is 0 Å². The van der Waals surface area contributed by atoms with Gasteiger partial charge in [-0.3, -0.25) is 10.1 Å². The summed E-state index contributed by atoms with van der Waals surface area (Å²) in [5.41, 5.74) is 0.304. The first-order valence-corrected chi connectivity index (χ1v) is 7.59. The van der Waals surface area contributed by atoms with E-state index in [1.54, 1.807) is 6.07 Å². The first-order chi connectivity index (χ1) is 10.1. The van der Waals surface area contributed by atoms with Crippen LogP contribution in [0, 0.1) is 15.9 Å². The number of nitrogens with one attached hydrogen (secondary N) is 1. The fourth-order valence-corrected chi connectivity index (χ4v) is 2.99. The molecule has 21 heavy (non-hydrogen) atoms. The third-order valence-electron chi connectivity index (χ3n) is 4.27. The second-order valence-corrected chi connectivity index (χ2v) is 5.92. The van der Waals surface area contributed by atoms with E-state index in [4.69, 9.17) is 0 Å². The van der Waals surface area contributed by atoms with Gasteiger partial charge in [0.15, 0.2) is 5.82 Å². The van der Waals surface area contributed by atoms with Crippen molar-refractivity contribution in [1.82, 2.24) is 5.32 Å². The van der Waals surface area contributed by atoms with E-state index in [0.29, 0.717) is 17.8 Å². The van der Waals surface area contributed by atoms with Gasteiger partial charge in [0.1, 0.15) is 0 Å². The third-order valence-corrected chi connectivity index (χ3v) is 4.27. The van der Waals surface area contributed by atoms with Crippen LogP contribution < -0.4 is 10.2 Å². The van der Waals surface area contributed by atoms with Crippen molar-refractivity contribution in [3.8, 4) is 0 Å². The van der Waals surface area contributed by atoms with Crippen molar-refractivity contribution < 1.29 is 9.31 Å². The number of anilines is 1. The Balaban J connectivity index is 1.78. The summed E-state index contributed by atoms with van der Waals surface area (Å²) in [4.78, 5) is 12.2. The van der Waals surface area contributed by atoms with E-state index < -0.39 is 10.7 Å². The van der Waals surface area contributed by atoms with Gasteiger partial charge in [-0.1, -0.05) is 6.42 Å². The maximum absolute atomic E-state index is 14.2. The minimum atomic E-state index is -0.559. The first kappa shape index (κ1) is 14.3. The molecule has 1 atom stereocenters. The Morgan fingerprint density at radius 3 is 2.71 bits per heavy atom. The Morgan fingerprint density at radius 2 is 2.14 bits per heavy atom. The van der Waals surface area contributed by atoms with Crippen molar-refractivity contribution in [3.63, 3.8) is 0 Å². The number of non-ortho nitro benzene ring substituents is 1. The van der Waals surface area contributed by atoms with E-state index >= 15 is 0 Å². The highest BCUT2D eigenvalue weighted by atomic mass is 19.1. The molecule has 5 nitrogen and oxygen atoms in total. The molecule has 0 radical (unpaired) electrons. The largest absolute Gasteiger partial charge is 0.365 e. The van der Waals surface area contributed by atoms with Crippen molar-refractivity contribution in [2.75, 3.05) is 18.0 Å². The fraction of sp³-hybridized carbons (Fsp3) is 0.600. The summed E-state index contributed by atoms with van der Waals surface area (Å²) < 4.78 is 14.2. The Bertz CT molecular complexity index is 528. The summed E-state index contributed by atoms with van der Waals surface area (Å²) in [5, 5.41) is 14.2. The zero-order valence-electron chi connectivity index (χ0n) is 11.9. The molecule has 1 aliphatic heterocycles. The second kappa shape index (κ2) is 5.97. The summed E-state index contributed by atoms with van der Waals surface area (Å²) in [5.74, 6) is -0.494. The molecule has 1 saturated heterocycles. The van der Waals surface area contributed by atoms with Crippen LogP contribution in [0.4, 0.5) is 15.8 Å². The summed E-state index contributed by atoms with van der Waals surface area (Å²) >= 11 is 0. The van der Waals surface area contributed by atoms with Crippen LogP contribution in [-0.2, 0) is 0 Å². The predicted molar refractivity (Wildman–Crippen MR) is 79.1 cm³/mol. The number of nitrogens with zero attached hydrogens (tertiary/aromatic N) is 2. The Hall–Kier alpha value is -1.69. The van der Waals surface area contributed by atoms with Gasteiger partial charge in [-0.25, -0.2) is 4.39 Å². The van der Waals surface area contributed by atoms with Crippen LogP contribution in [0.2, 0.25) is 0 Å². The number of halogens is 1. The van der Waals surface area contributed by atoms with Gasteiger partial charge in [0.25, 0.3) is 5.69 Å². The topological polar surface area (TPSA) is 58.4 Å². The lowest BCUT2D eigenvalue weighted by Crippen LogP contribution is -2.44. The lowest BCUT2D eigenvalue weighted by atomic mass is 10.0. The van der Waals surface area contributed by atoms with E-state index in [9.17, 15) is 14.5 Å². The molecule has 3 rings (SSSR count). The normalized spacial score (nSPS) is 22.0. The van der Waals surface area contributed by atoms with Crippen molar-refractivity contribution in [2.45, 2.75) is 44.2 Å². The molecule has 1 aromatic rings. The average molecular weight is 293 g/mol. The van der Waals surface area contributed by atoms with Gasteiger partial charge in [0, 0.05) is 24.7 Å². The molecule has 1 heterocycles. The lowest BCUT2D eigenvalue weighted by Gasteiger charge is -2.32. The summed E-state index contributed by atoms with van der Waals surface area (Å²) in [6, 6.07) is 4.73. The molecule has 0 spiro atoms. The quantitative estimate of drug-likeness (QED) is 0.670. The summed E-state index contributed by atoms with van der Waals surface area (Å²) in [6.45, 7) is 1.80. The number of nitro benzene ring substituents is 1. The van der Waals surface area contributed by atoms with E-state index in [-0.39, 0.29) is 5.69 Å². The van der Waals surface area contributed by atoms with Crippen LogP contribution in [0.15, 0.2) is 18.2 Å². The standard InChI is InChI=1S/C15H20FN3O2/c16-14-9-13(19(20)21)6-7-15(14)18(12-4-5-12)10-11-3-1-2-8-17-11/h6-7,9,11-12,17H,1-5,8,10H2. The van der Waals surface area contributed by atoms with Gasteiger partial charge >= 0.3 is 0 Å². The molecule has 1 saturated carbocycles. The molecule has 0 amide bonds. The lowest BCUT2D eigenvalue weighted by molar-refractivity contribution is -0.385. The second-order valence-electron chi connectivity index (χ2n) is 5.92. The minimum absolute atomic E-state index is 0.192. The fourth-order valence-electron chi connectivity index (χ4n) is 2.99. The minimum Gasteiger partial charge on any atom is -0.365 e. The molecule has 1 aliphatic carbocycles. The van der Waals surface area contributed by atoms with Crippen LogP contribution in [0.5, 0.6) is 0 Å². The van der Waals surface area contributed by atoms with Crippen LogP contribution in [0.25, 0.3) is 0 Å². The van der Waals surface area contributed by atoms with Crippen LogP contribution in [-0.4, -0.2) is 30.1 Å². The number of hydrogen-bond donors (Lipinski definition) is 1. The van der Waals surface area contributed by atoms with Crippen molar-refractivity contribution in [2.24, 2.45) is 0 Å². The van der Waals surface area contributed by atoms with E-state index in [0.717, 1.165) is 38.4 Å². The Labute approximate surface area is 123 Å². The summed E-state index contributed by atoms with van der Waals surface area (Å²) in [6.07, 6.45) is 5.66. The Kier molecular flexibility index (Phi) is 4.05. The van der Waals surface area contributed by atoms with Gasteiger partial charge in [-0.2, -0.15) is 0 Å². The number of nitro groups is 1. The van der Waals surface area contributed by atoms with E-state index in [1.165, 1.54) is 18.9 Å². The molecule has 0 bridgehead atoms. The number of piperidine rings is 1. The number of benzene rings is 1. The average Bonchev–Trinajstić information content (AvgIpc) is 3.31. The zero-order chi connectivity index (χ0) is 14.8. The molecule has 1 aromatic carbocycles. The smallest absolute Gasteiger partial charge is 0.272 e. The first-order valence-electron chi connectivity index (χ1n) is 7.59. The van der Waals surface area contributed by atoms with E-state index in [1.807, 2.05) is 0 Å². The number of rotatable bonds is 5. The molecular formula is C15H20FN3O2. The zero-order valence-corrected chi connectivity index (χ0v) is 11.9. The van der Waals surface area contributed by atoms with Gasteiger partial charge in [-0.15, -0.1) is 0 Å². The highest BCUT2D eigenvalue weighted by molar-refractivity contribution is 5.54. The molecule has 6 heteroatoms. The van der Waals surface area contributed by atoms with Gasteiger partial charge in [-0.05, 0) is 38.3 Å². The molecule has 2 aliphatic rings. The SMILES string of the molecule is O=[N+]([O-])c1ccc(N(CC2CCCCN2)C2CC2)c(F)c1. The molecule has 114 valence electrons. The van der Waals surface area contributed by atoms with Gasteiger partial charge < -0.3 is 10.2 Å². The predicted octanol–water partition coefficient (Wildman–Crippen LogP) is 2.84. The van der Waals surface area contributed by atoms with E-state index in [2.05, 4.69) is 10.2 Å². The van der Waals surface area contributed by atoms with Crippen molar-refractivity contribution in [1.29, 1.82) is 0 Å². The Morgan fingerprint density at radius 1 is 1.33 bits per heavy atom. The highest BCUT2D eigenvalue weighted by Crippen LogP contribution is 2.34. The van der Waals surface area contributed by atoms with Gasteiger partial charge in [0.05, 0.1) is 16.7 Å². The molecular weight excluding hydrogens is 273 g/mol. The maximum atomic E-state index is 14.2. The monoisotopic (exact) mass is 293 g/mol. The molecule has 0 aromatic heterocycles.